The Morgan fingerprint density at radius 1 is 1.09 bits per heavy atom. The van der Waals surface area contributed by atoms with Crippen LogP contribution < -0.4 is 26.0 Å². The lowest BCUT2D eigenvalue weighted by Gasteiger charge is -2.14. The third-order valence-corrected chi connectivity index (χ3v) is 6.49. The minimum atomic E-state index is -0.464. The van der Waals surface area contributed by atoms with Gasteiger partial charge in [0, 0.05) is 44.4 Å². The molecule has 10 nitrogen and oxygen atoms in total. The van der Waals surface area contributed by atoms with Gasteiger partial charge in [-0.3, -0.25) is 18.7 Å². The van der Waals surface area contributed by atoms with Gasteiger partial charge in [0.25, 0.3) is 5.56 Å². The molecule has 11 heteroatoms. The van der Waals surface area contributed by atoms with Crippen molar-refractivity contribution in [3.63, 3.8) is 0 Å². The number of benzene rings is 1. The van der Waals surface area contributed by atoms with Gasteiger partial charge in [0.2, 0.25) is 5.91 Å². The number of ether oxygens (including phenoxy) is 3. The van der Waals surface area contributed by atoms with E-state index < -0.39 is 11.2 Å². The number of methoxy groups -OCH3 is 3. The van der Waals surface area contributed by atoms with Gasteiger partial charge in [-0.2, -0.15) is 0 Å². The largest absolute Gasteiger partial charge is 0.493 e. The fraction of sp³-hybridized carbons (Fsp3) is 0.391. The molecule has 0 unspecified atom stereocenters. The molecule has 182 valence electrons. The maximum atomic E-state index is 12.9. The van der Waals surface area contributed by atoms with Gasteiger partial charge < -0.3 is 19.5 Å². The minimum absolute atomic E-state index is 0.0910. The van der Waals surface area contributed by atoms with Crippen LogP contribution in [0.1, 0.15) is 11.1 Å². The van der Waals surface area contributed by atoms with Gasteiger partial charge in [-0.25, -0.2) is 9.78 Å². The number of aromatic nitrogens is 3. The summed E-state index contributed by atoms with van der Waals surface area (Å²) in [5, 5.41) is 3.19. The molecule has 0 saturated heterocycles. The third kappa shape index (κ3) is 5.26. The van der Waals surface area contributed by atoms with Crippen LogP contribution in [0.25, 0.3) is 11.0 Å². The van der Waals surface area contributed by atoms with Crippen LogP contribution in [-0.2, 0) is 36.7 Å². The number of carbonyl (C=O) groups excluding carboxylic acids is 1. The quantitative estimate of drug-likeness (QED) is 0.424. The topological polar surface area (TPSA) is 114 Å². The Kier molecular flexibility index (Phi) is 8.35. The molecular formula is C23H28N4O6S. The van der Waals surface area contributed by atoms with Crippen molar-refractivity contribution in [3.8, 4) is 11.5 Å². The van der Waals surface area contributed by atoms with E-state index in [0.717, 1.165) is 10.1 Å². The minimum Gasteiger partial charge on any atom is -0.493 e. The summed E-state index contributed by atoms with van der Waals surface area (Å²) in [5.74, 6) is 1.19. The molecule has 1 amide bonds. The lowest BCUT2D eigenvalue weighted by molar-refractivity contribution is -0.118. The molecular weight excluding hydrogens is 460 g/mol. The van der Waals surface area contributed by atoms with Gasteiger partial charge in [-0.05, 0) is 24.1 Å². The second-order valence-corrected chi connectivity index (χ2v) is 8.51. The van der Waals surface area contributed by atoms with Crippen LogP contribution in [-0.4, -0.2) is 53.7 Å². The molecule has 2 heterocycles. The highest BCUT2D eigenvalue weighted by Gasteiger charge is 2.18. The van der Waals surface area contributed by atoms with Crippen molar-refractivity contribution in [2.75, 3.05) is 33.6 Å². The monoisotopic (exact) mass is 488 g/mol. The van der Waals surface area contributed by atoms with Gasteiger partial charge >= 0.3 is 5.69 Å². The van der Waals surface area contributed by atoms with Crippen molar-refractivity contribution in [1.82, 2.24) is 19.4 Å². The van der Waals surface area contributed by atoms with Crippen LogP contribution in [0.5, 0.6) is 11.5 Å². The van der Waals surface area contributed by atoms with E-state index in [2.05, 4.69) is 10.3 Å². The van der Waals surface area contributed by atoms with Crippen molar-refractivity contribution in [1.29, 1.82) is 0 Å². The van der Waals surface area contributed by atoms with Crippen molar-refractivity contribution in [2.24, 2.45) is 14.1 Å². The Labute approximate surface area is 200 Å². The number of thioether (sulfide) groups is 1. The molecule has 3 aromatic rings. The standard InChI is InChI=1S/C23H28N4O6S/c1-26-21-19(22(29)27(2)23(26)30)20(15(11-25-21)12-31-3)34-13-18(28)24-9-8-14-6-7-16(32-4)17(10-14)33-5/h6-7,10-11H,8-9,12-13H2,1-5H3,(H,24,28). The van der Waals surface area contributed by atoms with Gasteiger partial charge in [0.15, 0.2) is 11.5 Å². The van der Waals surface area contributed by atoms with Crippen LogP contribution >= 0.6 is 11.8 Å². The van der Waals surface area contributed by atoms with Gasteiger partial charge in [0.1, 0.15) is 5.65 Å². The number of rotatable bonds is 10. The molecule has 0 aliphatic carbocycles. The maximum Gasteiger partial charge on any atom is 0.332 e. The molecule has 0 fully saturated rings. The van der Waals surface area contributed by atoms with Crippen LogP contribution in [0, 0.1) is 0 Å². The summed E-state index contributed by atoms with van der Waals surface area (Å²) in [6.45, 7) is 0.658. The second kappa shape index (κ2) is 11.2. The van der Waals surface area contributed by atoms with E-state index >= 15 is 0 Å². The maximum absolute atomic E-state index is 12.9. The summed E-state index contributed by atoms with van der Waals surface area (Å²) < 4.78 is 18.2. The first-order valence-electron chi connectivity index (χ1n) is 10.5. The summed E-state index contributed by atoms with van der Waals surface area (Å²) in [7, 11) is 7.67. The summed E-state index contributed by atoms with van der Waals surface area (Å²) in [6.07, 6.45) is 2.19. The Balaban J connectivity index is 1.74. The summed E-state index contributed by atoms with van der Waals surface area (Å²) in [5.41, 5.74) is 1.02. The Morgan fingerprint density at radius 2 is 1.82 bits per heavy atom. The van der Waals surface area contributed by atoms with Gasteiger partial charge in [0.05, 0.1) is 32.0 Å². The van der Waals surface area contributed by atoms with Gasteiger partial charge in [-0.1, -0.05) is 6.07 Å². The molecule has 0 bridgehead atoms. The number of pyridine rings is 1. The SMILES string of the molecule is COCc1cnc2c(c1SCC(=O)NCCc1ccc(OC)c(OC)c1)c(=O)n(C)c(=O)n2C. The third-order valence-electron chi connectivity index (χ3n) is 5.33. The number of aryl methyl sites for hydroxylation is 1. The summed E-state index contributed by atoms with van der Waals surface area (Å²) in [6, 6.07) is 5.62. The number of hydrogen-bond donors (Lipinski definition) is 1. The highest BCUT2D eigenvalue weighted by Crippen LogP contribution is 2.29. The second-order valence-electron chi connectivity index (χ2n) is 7.53. The average molecular weight is 489 g/mol. The zero-order valence-electron chi connectivity index (χ0n) is 19.8. The number of hydrogen-bond acceptors (Lipinski definition) is 8. The normalized spacial score (nSPS) is 11.0. The predicted octanol–water partition coefficient (Wildman–Crippen LogP) is 1.25. The smallest absolute Gasteiger partial charge is 0.332 e. The lowest BCUT2D eigenvalue weighted by atomic mass is 10.1. The fourth-order valence-corrected chi connectivity index (χ4v) is 4.53. The summed E-state index contributed by atoms with van der Waals surface area (Å²) >= 11 is 1.22. The van der Waals surface area contributed by atoms with Crippen LogP contribution in [0.15, 0.2) is 38.9 Å². The van der Waals surface area contributed by atoms with Crippen LogP contribution in [0.4, 0.5) is 0 Å². The van der Waals surface area contributed by atoms with E-state index in [9.17, 15) is 14.4 Å². The first-order chi connectivity index (χ1) is 16.3. The van der Waals surface area contributed by atoms with E-state index in [1.807, 2.05) is 18.2 Å². The van der Waals surface area contributed by atoms with E-state index in [1.165, 1.54) is 23.4 Å². The first-order valence-corrected chi connectivity index (χ1v) is 11.5. The zero-order chi connectivity index (χ0) is 24.8. The number of fused-ring (bicyclic) bond motifs is 1. The van der Waals surface area contributed by atoms with E-state index in [0.29, 0.717) is 40.3 Å². The fourth-order valence-electron chi connectivity index (χ4n) is 3.54. The van der Waals surface area contributed by atoms with Crippen LogP contribution in [0.2, 0.25) is 0 Å². The molecule has 0 saturated carbocycles. The highest BCUT2D eigenvalue weighted by atomic mass is 32.2. The Morgan fingerprint density at radius 3 is 2.50 bits per heavy atom. The number of amides is 1. The van der Waals surface area contributed by atoms with Crippen LogP contribution in [0.3, 0.4) is 0 Å². The van der Waals surface area contributed by atoms with Crippen molar-refractivity contribution in [2.45, 2.75) is 17.9 Å². The molecule has 3 rings (SSSR count). The molecule has 1 N–H and O–H groups in total. The van der Waals surface area contributed by atoms with Gasteiger partial charge in [-0.15, -0.1) is 11.8 Å². The molecule has 0 atom stereocenters. The number of nitrogens with zero attached hydrogens (tertiary/aromatic N) is 3. The molecule has 0 aliphatic rings. The van der Waals surface area contributed by atoms with Crippen molar-refractivity contribution >= 4 is 28.7 Å². The average Bonchev–Trinajstić information content (AvgIpc) is 2.85. The molecule has 34 heavy (non-hydrogen) atoms. The Bertz CT molecular complexity index is 1320. The lowest BCUT2D eigenvalue weighted by Crippen LogP contribution is -2.37. The highest BCUT2D eigenvalue weighted by molar-refractivity contribution is 8.00. The molecule has 1 aromatic carbocycles. The number of carbonyl (C=O) groups is 1. The van der Waals surface area contributed by atoms with E-state index in [1.54, 1.807) is 34.6 Å². The molecule has 0 spiro atoms. The van der Waals surface area contributed by atoms with E-state index in [4.69, 9.17) is 14.2 Å². The summed E-state index contributed by atoms with van der Waals surface area (Å²) in [4.78, 5) is 42.6. The van der Waals surface area contributed by atoms with Crippen molar-refractivity contribution in [3.05, 3.63) is 56.4 Å². The Hall–Kier alpha value is -3.31. The van der Waals surface area contributed by atoms with E-state index in [-0.39, 0.29) is 23.9 Å². The first kappa shape index (κ1) is 25.3. The zero-order valence-corrected chi connectivity index (χ0v) is 20.7. The molecule has 0 radical (unpaired) electrons. The molecule has 0 aliphatic heterocycles. The van der Waals surface area contributed by atoms with Crippen molar-refractivity contribution < 1.29 is 19.0 Å². The predicted molar refractivity (Wildman–Crippen MR) is 130 cm³/mol. The molecule has 2 aromatic heterocycles. The number of nitrogens with one attached hydrogen (secondary N) is 1.